The Morgan fingerprint density at radius 3 is 2.53 bits per heavy atom. The van der Waals surface area contributed by atoms with E-state index in [0.29, 0.717) is 17.7 Å². The molecule has 0 saturated carbocycles. The molecular formula is C13H12FN. The molecule has 76 valence electrons. The number of aromatic nitrogens is 1. The average molecular weight is 201 g/mol. The van der Waals surface area contributed by atoms with Crippen molar-refractivity contribution in [2.75, 3.05) is 0 Å². The molecule has 0 unspecified atom stereocenters. The number of pyridine rings is 1. The molecule has 1 nitrogen and oxygen atoms in total. The number of rotatable bonds is 2. The number of halogens is 1. The first kappa shape index (κ1) is 9.84. The monoisotopic (exact) mass is 201 g/mol. The van der Waals surface area contributed by atoms with Crippen molar-refractivity contribution in [1.29, 1.82) is 0 Å². The van der Waals surface area contributed by atoms with E-state index in [-0.39, 0.29) is 5.82 Å². The maximum absolute atomic E-state index is 13.5. The van der Waals surface area contributed by atoms with Crippen molar-refractivity contribution >= 4 is 0 Å². The van der Waals surface area contributed by atoms with E-state index >= 15 is 0 Å². The molecule has 0 amide bonds. The molecule has 0 radical (unpaired) electrons. The molecule has 15 heavy (non-hydrogen) atoms. The lowest BCUT2D eigenvalue weighted by Crippen LogP contribution is -1.92. The standard InChI is InChI=1S/C13H12FN/c1-2-10-9-15-13(8-12(10)14)11-6-4-3-5-7-11/h3-9H,2H2,1H3. The Kier molecular flexibility index (Phi) is 2.77. The molecule has 1 aromatic carbocycles. The first-order valence-electron chi connectivity index (χ1n) is 5.01. The molecule has 0 spiro atoms. The van der Waals surface area contributed by atoms with Crippen LogP contribution in [-0.2, 0) is 6.42 Å². The van der Waals surface area contributed by atoms with Crippen molar-refractivity contribution in [2.24, 2.45) is 0 Å². The van der Waals surface area contributed by atoms with Crippen LogP contribution in [0.3, 0.4) is 0 Å². The average Bonchev–Trinajstić information content (AvgIpc) is 2.30. The van der Waals surface area contributed by atoms with Gasteiger partial charge in [0.2, 0.25) is 0 Å². The second-order valence-electron chi connectivity index (χ2n) is 3.38. The van der Waals surface area contributed by atoms with Gasteiger partial charge < -0.3 is 0 Å². The molecule has 0 aliphatic heterocycles. The zero-order chi connectivity index (χ0) is 10.7. The predicted octanol–water partition coefficient (Wildman–Crippen LogP) is 3.45. The quantitative estimate of drug-likeness (QED) is 0.725. The van der Waals surface area contributed by atoms with Gasteiger partial charge in [0.05, 0.1) is 5.69 Å². The lowest BCUT2D eigenvalue weighted by Gasteiger charge is -2.03. The minimum Gasteiger partial charge on any atom is -0.256 e. The van der Waals surface area contributed by atoms with Gasteiger partial charge in [-0.05, 0) is 6.42 Å². The fraction of sp³-hybridized carbons (Fsp3) is 0.154. The van der Waals surface area contributed by atoms with Gasteiger partial charge in [0, 0.05) is 23.4 Å². The molecule has 0 saturated heterocycles. The summed E-state index contributed by atoms with van der Waals surface area (Å²) in [6.07, 6.45) is 2.28. The topological polar surface area (TPSA) is 12.9 Å². The molecule has 1 heterocycles. The van der Waals surface area contributed by atoms with Crippen molar-refractivity contribution < 1.29 is 4.39 Å². The summed E-state index contributed by atoms with van der Waals surface area (Å²) < 4.78 is 13.5. The molecule has 0 aliphatic rings. The maximum Gasteiger partial charge on any atom is 0.130 e. The zero-order valence-corrected chi connectivity index (χ0v) is 8.57. The van der Waals surface area contributed by atoms with Gasteiger partial charge in [-0.2, -0.15) is 0 Å². The van der Waals surface area contributed by atoms with Gasteiger partial charge in [-0.15, -0.1) is 0 Å². The molecular weight excluding hydrogens is 189 g/mol. The molecule has 0 aliphatic carbocycles. The van der Waals surface area contributed by atoms with Crippen LogP contribution in [0.5, 0.6) is 0 Å². The van der Waals surface area contributed by atoms with Gasteiger partial charge in [-0.3, -0.25) is 4.98 Å². The van der Waals surface area contributed by atoms with Crippen LogP contribution in [0.4, 0.5) is 4.39 Å². The third-order valence-corrected chi connectivity index (χ3v) is 2.38. The van der Waals surface area contributed by atoms with E-state index in [2.05, 4.69) is 4.98 Å². The Morgan fingerprint density at radius 2 is 1.93 bits per heavy atom. The highest BCUT2D eigenvalue weighted by molar-refractivity contribution is 5.58. The maximum atomic E-state index is 13.5. The normalized spacial score (nSPS) is 10.3. The molecule has 1 aromatic heterocycles. The summed E-state index contributed by atoms with van der Waals surface area (Å²) in [6.45, 7) is 1.92. The number of hydrogen-bond donors (Lipinski definition) is 0. The van der Waals surface area contributed by atoms with E-state index in [0.717, 1.165) is 5.56 Å². The molecule has 2 rings (SSSR count). The Hall–Kier alpha value is -1.70. The third-order valence-electron chi connectivity index (χ3n) is 2.38. The highest BCUT2D eigenvalue weighted by Gasteiger charge is 2.04. The predicted molar refractivity (Wildman–Crippen MR) is 59.0 cm³/mol. The van der Waals surface area contributed by atoms with Crippen molar-refractivity contribution in [3.05, 3.63) is 54.0 Å². The minimum absolute atomic E-state index is 0.175. The smallest absolute Gasteiger partial charge is 0.130 e. The number of benzene rings is 1. The summed E-state index contributed by atoms with van der Waals surface area (Å²) in [7, 11) is 0. The highest BCUT2D eigenvalue weighted by Crippen LogP contribution is 2.18. The largest absolute Gasteiger partial charge is 0.256 e. The number of hydrogen-bond acceptors (Lipinski definition) is 1. The van der Waals surface area contributed by atoms with E-state index in [1.807, 2.05) is 37.3 Å². The fourth-order valence-corrected chi connectivity index (χ4v) is 1.49. The van der Waals surface area contributed by atoms with E-state index in [1.165, 1.54) is 6.07 Å². The van der Waals surface area contributed by atoms with Crippen molar-refractivity contribution in [1.82, 2.24) is 4.98 Å². The summed E-state index contributed by atoms with van der Waals surface area (Å²) in [5.41, 5.74) is 2.29. The molecule has 0 bridgehead atoms. The van der Waals surface area contributed by atoms with Gasteiger partial charge in [-0.25, -0.2) is 4.39 Å². The number of nitrogens with zero attached hydrogens (tertiary/aromatic N) is 1. The number of aryl methyl sites for hydroxylation is 1. The SMILES string of the molecule is CCc1cnc(-c2ccccc2)cc1F. The van der Waals surface area contributed by atoms with E-state index in [4.69, 9.17) is 0 Å². The van der Waals surface area contributed by atoms with Crippen LogP contribution in [-0.4, -0.2) is 4.98 Å². The summed E-state index contributed by atoms with van der Waals surface area (Å²) in [5.74, 6) is -0.175. The highest BCUT2D eigenvalue weighted by atomic mass is 19.1. The lowest BCUT2D eigenvalue weighted by atomic mass is 10.1. The summed E-state index contributed by atoms with van der Waals surface area (Å²) in [6, 6.07) is 11.1. The first-order valence-corrected chi connectivity index (χ1v) is 5.01. The minimum atomic E-state index is -0.175. The lowest BCUT2D eigenvalue weighted by molar-refractivity contribution is 0.610. The van der Waals surface area contributed by atoms with Crippen LogP contribution >= 0.6 is 0 Å². The van der Waals surface area contributed by atoms with Gasteiger partial charge in [0.1, 0.15) is 5.82 Å². The van der Waals surface area contributed by atoms with Crippen molar-refractivity contribution in [2.45, 2.75) is 13.3 Å². The van der Waals surface area contributed by atoms with E-state index in [1.54, 1.807) is 6.20 Å². The van der Waals surface area contributed by atoms with Crippen LogP contribution < -0.4 is 0 Å². The molecule has 2 aromatic rings. The van der Waals surface area contributed by atoms with Crippen LogP contribution in [0, 0.1) is 5.82 Å². The second kappa shape index (κ2) is 4.22. The molecule has 0 N–H and O–H groups in total. The van der Waals surface area contributed by atoms with E-state index in [9.17, 15) is 4.39 Å². The zero-order valence-electron chi connectivity index (χ0n) is 8.57. The molecule has 2 heteroatoms. The van der Waals surface area contributed by atoms with Gasteiger partial charge in [0.25, 0.3) is 0 Å². The summed E-state index contributed by atoms with van der Waals surface area (Å²) in [4.78, 5) is 4.24. The molecule has 0 fully saturated rings. The Bertz CT molecular complexity index is 451. The van der Waals surface area contributed by atoms with Crippen molar-refractivity contribution in [3.8, 4) is 11.3 Å². The van der Waals surface area contributed by atoms with Gasteiger partial charge in [0.15, 0.2) is 0 Å². The van der Waals surface area contributed by atoms with Crippen LogP contribution in [0.1, 0.15) is 12.5 Å². The first-order chi connectivity index (χ1) is 7.31. The fourth-order valence-electron chi connectivity index (χ4n) is 1.49. The third kappa shape index (κ3) is 2.04. The van der Waals surface area contributed by atoms with Crippen LogP contribution in [0.15, 0.2) is 42.6 Å². The van der Waals surface area contributed by atoms with Crippen LogP contribution in [0.25, 0.3) is 11.3 Å². The molecule has 0 atom stereocenters. The summed E-state index contributed by atoms with van der Waals surface area (Å²) in [5, 5.41) is 0. The van der Waals surface area contributed by atoms with E-state index < -0.39 is 0 Å². The van der Waals surface area contributed by atoms with Crippen LogP contribution in [0.2, 0.25) is 0 Å². The van der Waals surface area contributed by atoms with Crippen molar-refractivity contribution in [3.63, 3.8) is 0 Å². The Labute approximate surface area is 88.6 Å². The second-order valence-corrected chi connectivity index (χ2v) is 3.38. The Morgan fingerprint density at radius 1 is 1.20 bits per heavy atom. The van der Waals surface area contributed by atoms with Gasteiger partial charge >= 0.3 is 0 Å². The van der Waals surface area contributed by atoms with Gasteiger partial charge in [-0.1, -0.05) is 37.3 Å². The Balaban J connectivity index is 2.43. The summed E-state index contributed by atoms with van der Waals surface area (Å²) >= 11 is 0.